The van der Waals surface area contributed by atoms with Crippen molar-refractivity contribution in [1.82, 2.24) is 4.73 Å². The summed E-state index contributed by atoms with van der Waals surface area (Å²) >= 11 is 0. The van der Waals surface area contributed by atoms with Crippen LogP contribution in [0.4, 0.5) is 0 Å². The summed E-state index contributed by atoms with van der Waals surface area (Å²) in [6.07, 6.45) is 0. The zero-order valence-electron chi connectivity index (χ0n) is 11.9. The molecule has 0 bridgehead atoms. The van der Waals surface area contributed by atoms with Crippen LogP contribution >= 0.6 is 0 Å². The zero-order valence-corrected chi connectivity index (χ0v) is 11.9. The normalized spacial score (nSPS) is 10.8. The van der Waals surface area contributed by atoms with Crippen molar-refractivity contribution in [2.24, 2.45) is 0 Å². The average molecular weight is 300 g/mol. The van der Waals surface area contributed by atoms with Gasteiger partial charge >= 0.3 is 11.5 Å². The van der Waals surface area contributed by atoms with Gasteiger partial charge in [0, 0.05) is 17.9 Å². The Morgan fingerprint density at radius 1 is 1.18 bits per heavy atom. The molecule has 0 fully saturated rings. The van der Waals surface area contributed by atoms with E-state index >= 15 is 0 Å². The molecule has 0 unspecified atom stereocenters. The third-order valence-corrected chi connectivity index (χ3v) is 3.27. The minimum atomic E-state index is -0.573. The van der Waals surface area contributed by atoms with Crippen LogP contribution in [-0.2, 0) is 4.79 Å². The van der Waals surface area contributed by atoms with E-state index in [1.165, 1.54) is 38.3 Å². The molecule has 0 atom stereocenters. The molecule has 1 aromatic heterocycles. The number of ether oxygens (including phenoxy) is 2. The fraction of sp³-hybridized carbons (Fsp3) is 0.133. The van der Waals surface area contributed by atoms with Crippen LogP contribution in [0.3, 0.4) is 0 Å². The SMILES string of the molecule is COc1cccc2c1n([O-])c1cccc(OC(C)=O)c1[n+]2=O. The number of nitrogens with zero attached hydrogens (tertiary/aromatic N) is 2. The Kier molecular flexibility index (Phi) is 3.17. The van der Waals surface area contributed by atoms with Crippen LogP contribution in [0.5, 0.6) is 11.5 Å². The highest BCUT2D eigenvalue weighted by atomic mass is 16.5. The largest absolute Gasteiger partial charge is 0.805 e. The van der Waals surface area contributed by atoms with E-state index in [1.807, 2.05) is 0 Å². The van der Waals surface area contributed by atoms with Crippen LogP contribution in [0.15, 0.2) is 36.4 Å². The molecule has 1 heterocycles. The lowest BCUT2D eigenvalue weighted by atomic mass is 10.2. The topological polar surface area (TPSA) is 86.5 Å². The first-order chi connectivity index (χ1) is 10.5. The number of esters is 1. The van der Waals surface area contributed by atoms with E-state index in [2.05, 4.69) is 0 Å². The van der Waals surface area contributed by atoms with Crippen molar-refractivity contribution in [1.29, 1.82) is 0 Å². The Balaban J connectivity index is 2.54. The molecule has 7 nitrogen and oxygen atoms in total. The van der Waals surface area contributed by atoms with Gasteiger partial charge in [-0.1, -0.05) is 12.1 Å². The highest BCUT2D eigenvalue weighted by Gasteiger charge is 2.22. The Hall–Kier alpha value is -3.09. The van der Waals surface area contributed by atoms with Gasteiger partial charge in [0.2, 0.25) is 5.75 Å². The van der Waals surface area contributed by atoms with Gasteiger partial charge in [0.1, 0.15) is 11.3 Å². The Morgan fingerprint density at radius 2 is 1.86 bits per heavy atom. The Morgan fingerprint density at radius 3 is 2.55 bits per heavy atom. The minimum absolute atomic E-state index is 0.00606. The van der Waals surface area contributed by atoms with Gasteiger partial charge in [-0.2, -0.15) is 0 Å². The summed E-state index contributed by atoms with van der Waals surface area (Å²) in [7, 11) is 1.42. The number of rotatable bonds is 2. The fourth-order valence-electron chi connectivity index (χ4n) is 2.40. The maximum Gasteiger partial charge on any atom is 0.329 e. The number of fused-ring (bicyclic) bond motifs is 2. The molecule has 112 valence electrons. The average Bonchev–Trinajstić information content (AvgIpc) is 2.51. The fourth-order valence-corrected chi connectivity index (χ4v) is 2.40. The van der Waals surface area contributed by atoms with Gasteiger partial charge in [-0.3, -0.25) is 4.79 Å². The van der Waals surface area contributed by atoms with E-state index < -0.39 is 5.97 Å². The molecule has 0 N–H and O–H groups in total. The van der Waals surface area contributed by atoms with Crippen LogP contribution in [0.25, 0.3) is 22.1 Å². The van der Waals surface area contributed by atoms with Crippen molar-refractivity contribution in [3.8, 4) is 11.5 Å². The van der Waals surface area contributed by atoms with E-state index in [0.29, 0.717) is 9.16 Å². The molecule has 3 rings (SSSR count). The zero-order chi connectivity index (χ0) is 15.9. The van der Waals surface area contributed by atoms with Crippen LogP contribution in [0.2, 0.25) is 0 Å². The van der Waals surface area contributed by atoms with Gasteiger partial charge < -0.3 is 19.4 Å². The monoisotopic (exact) mass is 300 g/mol. The van der Waals surface area contributed by atoms with E-state index in [4.69, 9.17) is 9.47 Å². The van der Waals surface area contributed by atoms with Crippen LogP contribution < -0.4 is 13.9 Å². The summed E-state index contributed by atoms with van der Waals surface area (Å²) in [5, 5.41) is 12.6. The number of benzene rings is 2. The Bertz CT molecular complexity index is 961. The van der Waals surface area contributed by atoms with Gasteiger partial charge in [-0.15, -0.1) is 0 Å². The lowest BCUT2D eigenvalue weighted by Crippen LogP contribution is -2.21. The standard InChI is InChI=1S/C15H12N2O5/c1-9(18)22-13-8-4-6-11-15(13)17(20)10-5-3-7-12(21-2)14(10)16(11)19/h3-8H,1-2H3. The van der Waals surface area contributed by atoms with E-state index in [9.17, 15) is 14.9 Å². The van der Waals surface area contributed by atoms with Gasteiger partial charge in [-0.05, 0) is 18.2 Å². The number of carbonyl (C=O) groups excluding carboxylic acids is 1. The molecule has 0 spiro atoms. The van der Waals surface area contributed by atoms with Gasteiger partial charge in [0.25, 0.3) is 5.52 Å². The molecule has 0 radical (unpaired) electrons. The second-order valence-corrected chi connectivity index (χ2v) is 4.63. The van der Waals surface area contributed by atoms with Gasteiger partial charge in [0.05, 0.1) is 11.5 Å². The van der Waals surface area contributed by atoms with Crippen molar-refractivity contribution in [2.75, 3.05) is 7.11 Å². The third kappa shape index (κ3) is 1.95. The van der Waals surface area contributed by atoms with Crippen molar-refractivity contribution >= 4 is 28.0 Å². The quantitative estimate of drug-likeness (QED) is 0.312. The lowest BCUT2D eigenvalue weighted by molar-refractivity contribution is -0.433. The van der Waals surface area contributed by atoms with Gasteiger partial charge in [-0.25, -0.2) is 0 Å². The van der Waals surface area contributed by atoms with Crippen LogP contribution in [0, 0.1) is 10.1 Å². The van der Waals surface area contributed by atoms with Crippen LogP contribution in [0.1, 0.15) is 6.92 Å². The molecule has 3 aromatic rings. The molecule has 22 heavy (non-hydrogen) atoms. The first kappa shape index (κ1) is 13.9. The smallest absolute Gasteiger partial charge is 0.329 e. The summed E-state index contributed by atoms with van der Waals surface area (Å²) in [5.74, 6) is -0.248. The minimum Gasteiger partial charge on any atom is -0.805 e. The first-order valence-electron chi connectivity index (χ1n) is 6.47. The second kappa shape index (κ2) is 5.03. The van der Waals surface area contributed by atoms with Crippen molar-refractivity contribution in [2.45, 2.75) is 6.92 Å². The lowest BCUT2D eigenvalue weighted by Gasteiger charge is -2.16. The van der Waals surface area contributed by atoms with E-state index in [1.54, 1.807) is 12.1 Å². The summed E-state index contributed by atoms with van der Waals surface area (Å²) in [6, 6.07) is 9.19. The second-order valence-electron chi connectivity index (χ2n) is 4.63. The number of methoxy groups -OCH3 is 1. The number of hydrogen-bond acceptors (Lipinski definition) is 5. The maximum atomic E-state index is 12.6. The van der Waals surface area contributed by atoms with E-state index in [-0.39, 0.29) is 33.6 Å². The molecule has 0 amide bonds. The van der Waals surface area contributed by atoms with Crippen molar-refractivity contribution < 1.29 is 18.7 Å². The predicted molar refractivity (Wildman–Crippen MR) is 79.4 cm³/mol. The maximum absolute atomic E-state index is 12.6. The van der Waals surface area contributed by atoms with E-state index in [0.717, 1.165) is 0 Å². The van der Waals surface area contributed by atoms with Crippen LogP contribution in [-0.4, -0.2) is 17.8 Å². The number of hydrogen-bond donors (Lipinski definition) is 0. The van der Waals surface area contributed by atoms with Gasteiger partial charge in [0.15, 0.2) is 5.52 Å². The third-order valence-electron chi connectivity index (χ3n) is 3.27. The highest BCUT2D eigenvalue weighted by Crippen LogP contribution is 2.29. The predicted octanol–water partition coefficient (Wildman–Crippen LogP) is 1.99. The van der Waals surface area contributed by atoms with Crippen molar-refractivity contribution in [3.05, 3.63) is 46.5 Å². The molecule has 2 aromatic carbocycles. The molecular weight excluding hydrogens is 288 g/mol. The molecule has 0 saturated heterocycles. The molecule has 0 aliphatic heterocycles. The summed E-state index contributed by atoms with van der Waals surface area (Å²) in [4.78, 5) is 23.8. The first-order valence-corrected chi connectivity index (χ1v) is 6.47. The number of carbonyl (C=O) groups is 1. The summed E-state index contributed by atoms with van der Waals surface area (Å²) < 4.78 is 11.3. The molecule has 7 heteroatoms. The summed E-state index contributed by atoms with van der Waals surface area (Å²) in [6.45, 7) is 1.23. The molecule has 0 saturated carbocycles. The Labute approximate surface area is 124 Å². The number of aromatic nitrogens is 2. The molecule has 0 aliphatic rings. The number of para-hydroxylation sites is 2. The molecular formula is C15H12N2O5. The molecule has 0 aliphatic carbocycles. The van der Waals surface area contributed by atoms with Crippen molar-refractivity contribution in [3.63, 3.8) is 0 Å². The highest BCUT2D eigenvalue weighted by molar-refractivity contribution is 5.90. The summed E-state index contributed by atoms with van der Waals surface area (Å²) in [5.41, 5.74) is 0.327.